The van der Waals surface area contributed by atoms with Gasteiger partial charge in [-0.1, -0.05) is 65.9 Å². The lowest BCUT2D eigenvalue weighted by molar-refractivity contribution is -0.113. The lowest BCUT2D eigenvalue weighted by Gasteiger charge is -2.12. The predicted molar refractivity (Wildman–Crippen MR) is 140 cm³/mol. The zero-order chi connectivity index (χ0) is 24.5. The van der Waals surface area contributed by atoms with Crippen LogP contribution in [0.1, 0.15) is 22.3 Å². The number of rotatable bonds is 6. The highest BCUT2D eigenvalue weighted by molar-refractivity contribution is 7.99. The molecule has 1 N–H and O–H groups in total. The summed E-state index contributed by atoms with van der Waals surface area (Å²) in [4.78, 5) is 26.1. The second-order valence-corrected chi connectivity index (χ2v) is 9.61. The van der Waals surface area contributed by atoms with Gasteiger partial charge in [0, 0.05) is 5.69 Å². The fourth-order valence-electron chi connectivity index (χ4n) is 4.03. The molecule has 0 spiro atoms. The number of nitrogens with zero attached hydrogens (tertiary/aromatic N) is 4. The molecule has 2 aromatic heterocycles. The minimum absolute atomic E-state index is 0.120. The summed E-state index contributed by atoms with van der Waals surface area (Å²) in [5.41, 5.74) is 5.65. The van der Waals surface area contributed by atoms with Crippen LogP contribution in [0.25, 0.3) is 16.7 Å². The van der Waals surface area contributed by atoms with E-state index < -0.39 is 0 Å². The molecule has 35 heavy (non-hydrogen) atoms. The van der Waals surface area contributed by atoms with Gasteiger partial charge in [-0.15, -0.1) is 10.2 Å². The third kappa shape index (κ3) is 4.57. The fourth-order valence-corrected chi connectivity index (χ4v) is 4.77. The van der Waals surface area contributed by atoms with Crippen LogP contribution in [0.3, 0.4) is 0 Å². The van der Waals surface area contributed by atoms with Gasteiger partial charge in [-0.2, -0.15) is 0 Å². The average Bonchev–Trinajstić information content (AvgIpc) is 3.28. The summed E-state index contributed by atoms with van der Waals surface area (Å²) in [6, 6.07) is 21.5. The molecule has 0 aliphatic carbocycles. The number of nitrogens with one attached hydrogen (secondary N) is 1. The molecule has 176 valence electrons. The van der Waals surface area contributed by atoms with Gasteiger partial charge >= 0.3 is 0 Å². The van der Waals surface area contributed by atoms with Crippen LogP contribution in [0.15, 0.2) is 76.7 Å². The third-order valence-electron chi connectivity index (χ3n) is 5.94. The molecule has 1 amide bonds. The first-order chi connectivity index (χ1) is 16.9. The number of anilines is 1. The van der Waals surface area contributed by atoms with Crippen molar-refractivity contribution < 1.29 is 4.79 Å². The van der Waals surface area contributed by atoms with Crippen LogP contribution >= 0.6 is 11.8 Å². The van der Waals surface area contributed by atoms with E-state index in [1.165, 1.54) is 11.8 Å². The van der Waals surface area contributed by atoms with Crippen LogP contribution in [0.4, 0.5) is 5.69 Å². The van der Waals surface area contributed by atoms with Crippen molar-refractivity contribution in [1.29, 1.82) is 0 Å². The normalized spacial score (nSPS) is 11.3. The number of hydrogen-bond donors (Lipinski definition) is 1. The number of carbonyl (C=O) groups excluding carboxylic acids is 1. The van der Waals surface area contributed by atoms with Crippen LogP contribution in [-0.4, -0.2) is 30.8 Å². The predicted octanol–water partition coefficient (Wildman–Crippen LogP) is 4.75. The molecule has 5 rings (SSSR count). The van der Waals surface area contributed by atoms with E-state index in [0.717, 1.165) is 33.5 Å². The first-order valence-corrected chi connectivity index (χ1v) is 12.3. The molecular weight excluding hydrogens is 458 g/mol. The van der Waals surface area contributed by atoms with Crippen molar-refractivity contribution in [1.82, 2.24) is 19.2 Å². The number of fused-ring (bicyclic) bond motifs is 3. The zero-order valence-electron chi connectivity index (χ0n) is 19.8. The highest BCUT2D eigenvalue weighted by Gasteiger charge is 2.18. The minimum atomic E-state index is -0.127. The summed E-state index contributed by atoms with van der Waals surface area (Å²) in [6.07, 6.45) is 0. The van der Waals surface area contributed by atoms with Gasteiger partial charge in [0.15, 0.2) is 5.16 Å². The maximum absolute atomic E-state index is 13.4. The lowest BCUT2D eigenvalue weighted by Crippen LogP contribution is -2.24. The number of aromatic nitrogens is 4. The largest absolute Gasteiger partial charge is 0.325 e. The zero-order valence-corrected chi connectivity index (χ0v) is 20.6. The van der Waals surface area contributed by atoms with E-state index in [2.05, 4.69) is 15.5 Å². The van der Waals surface area contributed by atoms with Crippen molar-refractivity contribution in [3.63, 3.8) is 0 Å². The van der Waals surface area contributed by atoms with Crippen LogP contribution in [0, 0.1) is 20.8 Å². The summed E-state index contributed by atoms with van der Waals surface area (Å²) >= 11 is 1.29. The SMILES string of the molecule is Cc1ccc(Cn2c(=O)c3ccccc3n3c(SCC(=O)Nc4cc(C)ccc4C)nnc23)cc1. The molecule has 0 fully saturated rings. The van der Waals surface area contributed by atoms with Crippen molar-refractivity contribution >= 4 is 40.0 Å². The van der Waals surface area contributed by atoms with E-state index in [-0.39, 0.29) is 17.2 Å². The Hall–Kier alpha value is -3.91. The molecule has 3 aromatic carbocycles. The molecule has 8 heteroatoms. The molecule has 2 heterocycles. The van der Waals surface area contributed by atoms with Crippen LogP contribution in [0.5, 0.6) is 0 Å². The maximum Gasteiger partial charge on any atom is 0.263 e. The molecule has 0 saturated heterocycles. The molecule has 0 aliphatic rings. The van der Waals surface area contributed by atoms with Crippen LogP contribution in [-0.2, 0) is 11.3 Å². The number of thioether (sulfide) groups is 1. The van der Waals surface area contributed by atoms with Gasteiger partial charge in [0.2, 0.25) is 11.7 Å². The number of amides is 1. The summed E-state index contributed by atoms with van der Waals surface area (Å²) in [6.45, 7) is 6.37. The van der Waals surface area contributed by atoms with Crippen molar-refractivity contribution in [3.8, 4) is 0 Å². The number of carbonyl (C=O) groups is 1. The maximum atomic E-state index is 13.4. The van der Waals surface area contributed by atoms with Crippen molar-refractivity contribution in [2.24, 2.45) is 0 Å². The Morgan fingerprint density at radius 2 is 1.69 bits per heavy atom. The fraction of sp³-hybridized carbons (Fsp3) is 0.185. The average molecular weight is 484 g/mol. The quantitative estimate of drug-likeness (QED) is 0.353. The summed E-state index contributed by atoms with van der Waals surface area (Å²) in [5.74, 6) is 0.490. The lowest BCUT2D eigenvalue weighted by atomic mass is 10.1. The van der Waals surface area contributed by atoms with Crippen molar-refractivity contribution in [3.05, 3.63) is 99.3 Å². The highest BCUT2D eigenvalue weighted by atomic mass is 32.2. The van der Waals surface area contributed by atoms with E-state index in [0.29, 0.717) is 22.9 Å². The molecule has 5 aromatic rings. The van der Waals surface area contributed by atoms with Gasteiger partial charge in [0.1, 0.15) is 0 Å². The number of aryl methyl sites for hydroxylation is 3. The molecule has 7 nitrogen and oxygen atoms in total. The summed E-state index contributed by atoms with van der Waals surface area (Å²) in [5, 5.41) is 12.8. The Bertz CT molecular complexity index is 1620. The summed E-state index contributed by atoms with van der Waals surface area (Å²) < 4.78 is 3.50. The Labute approximate surface area is 206 Å². The van der Waals surface area contributed by atoms with E-state index in [4.69, 9.17) is 0 Å². The van der Waals surface area contributed by atoms with Gasteiger partial charge < -0.3 is 5.32 Å². The Morgan fingerprint density at radius 3 is 2.49 bits per heavy atom. The Balaban J connectivity index is 1.49. The topological polar surface area (TPSA) is 81.3 Å². The standard InChI is InChI=1S/C27H25N5O2S/c1-17-9-12-20(13-10-17)15-31-25(34)21-6-4-5-7-23(21)32-26(31)29-30-27(32)35-16-24(33)28-22-14-18(2)8-11-19(22)3/h4-14H,15-16H2,1-3H3,(H,28,33). The second kappa shape index (κ2) is 9.38. The first kappa shape index (κ1) is 22.9. The number of benzene rings is 3. The number of para-hydroxylation sites is 1. The second-order valence-electron chi connectivity index (χ2n) is 8.67. The molecule has 0 aliphatic heterocycles. The Kier molecular flexibility index (Phi) is 6.13. The van der Waals surface area contributed by atoms with Gasteiger partial charge in [-0.25, -0.2) is 0 Å². The molecule has 0 saturated carbocycles. The first-order valence-electron chi connectivity index (χ1n) is 11.3. The van der Waals surface area contributed by atoms with E-state index >= 15 is 0 Å². The molecule has 0 bridgehead atoms. The highest BCUT2D eigenvalue weighted by Crippen LogP contribution is 2.23. The van der Waals surface area contributed by atoms with Gasteiger partial charge in [-0.05, 0) is 55.7 Å². The number of hydrogen-bond acceptors (Lipinski definition) is 5. The van der Waals surface area contributed by atoms with E-state index in [1.54, 1.807) is 4.57 Å². The third-order valence-corrected chi connectivity index (χ3v) is 6.87. The summed E-state index contributed by atoms with van der Waals surface area (Å²) in [7, 11) is 0. The van der Waals surface area contributed by atoms with Crippen LogP contribution < -0.4 is 10.9 Å². The van der Waals surface area contributed by atoms with Gasteiger partial charge in [0.25, 0.3) is 5.56 Å². The molecule has 0 radical (unpaired) electrons. The monoisotopic (exact) mass is 483 g/mol. The van der Waals surface area contributed by atoms with E-state index in [9.17, 15) is 9.59 Å². The minimum Gasteiger partial charge on any atom is -0.325 e. The Morgan fingerprint density at radius 1 is 0.943 bits per heavy atom. The van der Waals surface area contributed by atoms with Crippen molar-refractivity contribution in [2.75, 3.05) is 11.1 Å². The van der Waals surface area contributed by atoms with E-state index in [1.807, 2.05) is 91.9 Å². The molecule has 0 atom stereocenters. The molecule has 0 unspecified atom stereocenters. The van der Waals surface area contributed by atoms with Gasteiger partial charge in [-0.3, -0.25) is 18.6 Å². The molecular formula is C27H25N5O2S. The van der Waals surface area contributed by atoms with Crippen LogP contribution in [0.2, 0.25) is 0 Å². The van der Waals surface area contributed by atoms with Gasteiger partial charge in [0.05, 0.1) is 23.2 Å². The van der Waals surface area contributed by atoms with Crippen molar-refractivity contribution in [2.45, 2.75) is 32.5 Å². The smallest absolute Gasteiger partial charge is 0.263 e.